The topological polar surface area (TPSA) is 114 Å². The van der Waals surface area contributed by atoms with Gasteiger partial charge in [0.1, 0.15) is 11.6 Å². The summed E-state index contributed by atoms with van der Waals surface area (Å²) in [5.74, 6) is -0.114. The fourth-order valence-corrected chi connectivity index (χ4v) is 2.99. The predicted molar refractivity (Wildman–Crippen MR) is 105 cm³/mol. The van der Waals surface area contributed by atoms with Gasteiger partial charge in [-0.2, -0.15) is 5.26 Å². The molecule has 0 bridgehead atoms. The molecule has 4 rings (SSSR count). The Bertz CT molecular complexity index is 1230. The van der Waals surface area contributed by atoms with Crippen LogP contribution >= 0.6 is 0 Å². The third kappa shape index (κ3) is 3.57. The minimum atomic E-state index is -0.672. The van der Waals surface area contributed by atoms with Gasteiger partial charge >= 0.3 is 0 Å². The lowest BCUT2D eigenvalue weighted by Gasteiger charge is -2.06. The lowest BCUT2D eigenvalue weighted by atomic mass is 10.1. The maximum absolute atomic E-state index is 12.6. The van der Waals surface area contributed by atoms with E-state index in [1.54, 1.807) is 18.2 Å². The molecule has 0 spiro atoms. The van der Waals surface area contributed by atoms with E-state index in [1.807, 2.05) is 30.3 Å². The van der Waals surface area contributed by atoms with Gasteiger partial charge in [-0.25, -0.2) is 0 Å². The summed E-state index contributed by atoms with van der Waals surface area (Å²) in [5.41, 5.74) is 0.0140. The van der Waals surface area contributed by atoms with Gasteiger partial charge in [-0.05, 0) is 35.0 Å². The van der Waals surface area contributed by atoms with Crippen molar-refractivity contribution in [3.05, 3.63) is 75.8 Å². The van der Waals surface area contributed by atoms with Crippen LogP contribution in [-0.2, 0) is 4.79 Å². The van der Waals surface area contributed by atoms with Gasteiger partial charge in [-0.1, -0.05) is 30.3 Å². The fourth-order valence-electron chi connectivity index (χ4n) is 2.99. The normalized spacial score (nSPS) is 12.4. The zero-order valence-electron chi connectivity index (χ0n) is 14.9. The van der Waals surface area contributed by atoms with Crippen LogP contribution in [0, 0.1) is 21.4 Å². The zero-order valence-corrected chi connectivity index (χ0v) is 14.9. The molecule has 0 fully saturated rings. The van der Waals surface area contributed by atoms with Crippen molar-refractivity contribution in [2.24, 2.45) is 0 Å². The van der Waals surface area contributed by atoms with E-state index in [4.69, 9.17) is 9.47 Å². The molecule has 1 amide bonds. The van der Waals surface area contributed by atoms with Crippen LogP contribution in [0.2, 0.25) is 0 Å². The number of nitriles is 1. The number of ether oxygens (including phenoxy) is 2. The second kappa shape index (κ2) is 7.32. The maximum Gasteiger partial charge on any atom is 0.280 e. The quantitative estimate of drug-likeness (QED) is 0.313. The Balaban J connectivity index is 1.66. The van der Waals surface area contributed by atoms with E-state index in [0.717, 1.165) is 16.8 Å². The number of hydrogen-bond donors (Lipinski definition) is 1. The van der Waals surface area contributed by atoms with E-state index in [1.165, 1.54) is 12.1 Å². The van der Waals surface area contributed by atoms with E-state index < -0.39 is 10.8 Å². The molecule has 0 unspecified atom stereocenters. The second-order valence-corrected chi connectivity index (χ2v) is 6.21. The highest BCUT2D eigenvalue weighted by atomic mass is 16.7. The molecule has 0 aromatic heterocycles. The summed E-state index contributed by atoms with van der Waals surface area (Å²) in [6.07, 6.45) is 1.16. The number of nitrogens with one attached hydrogen (secondary N) is 1. The zero-order chi connectivity index (χ0) is 20.4. The minimum Gasteiger partial charge on any atom is -0.454 e. The van der Waals surface area contributed by atoms with Gasteiger partial charge in [0.2, 0.25) is 6.79 Å². The summed E-state index contributed by atoms with van der Waals surface area (Å²) >= 11 is 0. The van der Waals surface area contributed by atoms with Crippen LogP contribution in [-0.4, -0.2) is 17.6 Å². The highest BCUT2D eigenvalue weighted by Gasteiger charge is 2.23. The molecule has 0 radical (unpaired) electrons. The minimum absolute atomic E-state index is 0.0484. The third-order valence-corrected chi connectivity index (χ3v) is 4.39. The molecule has 8 heteroatoms. The summed E-state index contributed by atoms with van der Waals surface area (Å²) in [7, 11) is 0. The number of nitro benzene ring substituents is 1. The summed E-state index contributed by atoms with van der Waals surface area (Å²) in [6.45, 7) is -0.0484. The van der Waals surface area contributed by atoms with Crippen molar-refractivity contribution in [1.29, 1.82) is 5.26 Å². The average Bonchev–Trinajstić information content (AvgIpc) is 3.18. The number of nitro groups is 1. The molecule has 0 saturated heterocycles. The van der Waals surface area contributed by atoms with Gasteiger partial charge in [0.05, 0.1) is 16.6 Å². The lowest BCUT2D eigenvalue weighted by molar-refractivity contribution is -0.385. The van der Waals surface area contributed by atoms with Gasteiger partial charge in [0.15, 0.2) is 11.5 Å². The van der Waals surface area contributed by atoms with E-state index in [9.17, 15) is 20.2 Å². The fraction of sp³-hybridized carbons (Fsp3) is 0.0476. The predicted octanol–water partition coefficient (Wildman–Crippen LogP) is 4.02. The molecule has 1 aliphatic rings. The number of nitrogens with zero attached hydrogens (tertiary/aromatic N) is 2. The van der Waals surface area contributed by atoms with E-state index in [0.29, 0.717) is 11.4 Å². The van der Waals surface area contributed by atoms with Crippen molar-refractivity contribution < 1.29 is 19.2 Å². The molecule has 0 atom stereocenters. The summed E-state index contributed by atoms with van der Waals surface area (Å²) in [6, 6.07) is 17.4. The lowest BCUT2D eigenvalue weighted by Crippen LogP contribution is -2.13. The number of hydrogen-bond acceptors (Lipinski definition) is 6. The van der Waals surface area contributed by atoms with Crippen molar-refractivity contribution >= 4 is 34.1 Å². The Hall–Kier alpha value is -4.38. The smallest absolute Gasteiger partial charge is 0.280 e. The number of amides is 1. The molecule has 3 aromatic carbocycles. The molecule has 29 heavy (non-hydrogen) atoms. The Morgan fingerprint density at radius 2 is 1.83 bits per heavy atom. The standard InChI is InChI=1S/C21H13N3O5/c22-11-16(7-15-9-19-20(29-12-28-19)10-18(15)24(26)27)21(25)23-17-6-5-13-3-1-2-4-14(13)8-17/h1-10H,12H2,(H,23,25). The van der Waals surface area contributed by atoms with E-state index in [-0.39, 0.29) is 29.4 Å². The van der Waals surface area contributed by atoms with Crippen LogP contribution in [0.25, 0.3) is 16.8 Å². The van der Waals surface area contributed by atoms with Gasteiger partial charge in [-0.3, -0.25) is 14.9 Å². The van der Waals surface area contributed by atoms with Crippen LogP contribution in [0.3, 0.4) is 0 Å². The first kappa shape index (κ1) is 18.0. The number of benzene rings is 3. The molecular formula is C21H13N3O5. The first-order valence-electron chi connectivity index (χ1n) is 8.55. The van der Waals surface area contributed by atoms with Crippen molar-refractivity contribution in [3.8, 4) is 17.6 Å². The van der Waals surface area contributed by atoms with Crippen molar-refractivity contribution in [2.45, 2.75) is 0 Å². The van der Waals surface area contributed by atoms with Crippen LogP contribution in [0.15, 0.2) is 60.2 Å². The SMILES string of the molecule is N#CC(=Cc1cc2c(cc1[N+](=O)[O-])OCO2)C(=O)Nc1ccc2ccccc2c1. The van der Waals surface area contributed by atoms with E-state index >= 15 is 0 Å². The Morgan fingerprint density at radius 1 is 1.10 bits per heavy atom. The molecule has 0 aliphatic carbocycles. The monoisotopic (exact) mass is 387 g/mol. The molecule has 142 valence electrons. The van der Waals surface area contributed by atoms with Crippen LogP contribution < -0.4 is 14.8 Å². The summed E-state index contributed by atoms with van der Waals surface area (Å²) in [4.78, 5) is 23.3. The molecule has 0 saturated carbocycles. The van der Waals surface area contributed by atoms with Crippen LogP contribution in [0.5, 0.6) is 11.5 Å². The first-order valence-corrected chi connectivity index (χ1v) is 8.55. The first-order chi connectivity index (χ1) is 14.0. The summed E-state index contributed by atoms with van der Waals surface area (Å²) in [5, 5.41) is 25.4. The highest BCUT2D eigenvalue weighted by Crippen LogP contribution is 2.38. The molecule has 8 nitrogen and oxygen atoms in total. The largest absolute Gasteiger partial charge is 0.454 e. The van der Waals surface area contributed by atoms with E-state index in [2.05, 4.69) is 5.32 Å². The van der Waals surface area contributed by atoms with Gasteiger partial charge < -0.3 is 14.8 Å². The summed E-state index contributed by atoms with van der Waals surface area (Å²) < 4.78 is 10.4. The van der Waals surface area contributed by atoms with Crippen molar-refractivity contribution in [2.75, 3.05) is 12.1 Å². The molecule has 1 heterocycles. The molecule has 1 aliphatic heterocycles. The Morgan fingerprint density at radius 3 is 2.55 bits per heavy atom. The highest BCUT2D eigenvalue weighted by molar-refractivity contribution is 6.10. The Kier molecular flexibility index (Phi) is 4.55. The van der Waals surface area contributed by atoms with Gasteiger partial charge in [0, 0.05) is 5.69 Å². The molecular weight excluding hydrogens is 374 g/mol. The number of carbonyl (C=O) groups excluding carboxylic acids is 1. The molecule has 3 aromatic rings. The molecule has 1 N–H and O–H groups in total. The third-order valence-electron chi connectivity index (χ3n) is 4.39. The Labute approximate surface area is 164 Å². The van der Waals surface area contributed by atoms with Gasteiger partial charge in [0.25, 0.3) is 11.6 Å². The van der Waals surface area contributed by atoms with Crippen molar-refractivity contribution in [1.82, 2.24) is 0 Å². The van der Waals surface area contributed by atoms with Crippen molar-refractivity contribution in [3.63, 3.8) is 0 Å². The van der Waals surface area contributed by atoms with Crippen LogP contribution in [0.4, 0.5) is 11.4 Å². The number of anilines is 1. The van der Waals surface area contributed by atoms with Gasteiger partial charge in [-0.15, -0.1) is 0 Å². The second-order valence-electron chi connectivity index (χ2n) is 6.21. The number of rotatable bonds is 4. The maximum atomic E-state index is 12.6. The van der Waals surface area contributed by atoms with Crippen LogP contribution in [0.1, 0.15) is 5.56 Å². The number of carbonyl (C=O) groups is 1. The number of fused-ring (bicyclic) bond motifs is 2. The average molecular weight is 387 g/mol.